The second kappa shape index (κ2) is 7.31. The molecule has 0 radical (unpaired) electrons. The second-order valence-corrected chi connectivity index (χ2v) is 7.80. The molecule has 8 bridgehead atoms. The molecule has 0 atom stereocenters. The predicted octanol–water partition coefficient (Wildman–Crippen LogP) is 0.129. The largest absolute Gasteiger partial charge is 0.260 e. The first-order chi connectivity index (χ1) is 15.3. The number of nitrogens with zero attached hydrogens (tertiary/aromatic N) is 9. The highest BCUT2D eigenvalue weighted by molar-refractivity contribution is 5.15. The van der Waals surface area contributed by atoms with Crippen LogP contribution >= 0.6 is 0 Å². The van der Waals surface area contributed by atoms with Crippen molar-refractivity contribution in [3.63, 3.8) is 0 Å². The van der Waals surface area contributed by atoms with Crippen molar-refractivity contribution in [2.24, 2.45) is 0 Å². The van der Waals surface area contributed by atoms with Crippen LogP contribution in [0, 0.1) is 0 Å². The van der Waals surface area contributed by atoms with Gasteiger partial charge in [0.15, 0.2) is 36.4 Å². The number of hydrogen-bond acceptors (Lipinski definition) is 4. The van der Waals surface area contributed by atoms with Gasteiger partial charge in [-0.15, -0.1) is 0 Å². The van der Waals surface area contributed by atoms with E-state index < -0.39 is 0 Å². The summed E-state index contributed by atoms with van der Waals surface area (Å²) in [5.74, 6) is 3.31. The molecule has 0 saturated heterocycles. The van der Waals surface area contributed by atoms with E-state index in [2.05, 4.69) is 64.0 Å². The molecule has 5 aromatic rings. The lowest BCUT2D eigenvalue weighted by atomic mass is 10.2. The summed E-state index contributed by atoms with van der Waals surface area (Å²) in [5.41, 5.74) is 1.20. The molecule has 31 heavy (non-hydrogen) atoms. The summed E-state index contributed by atoms with van der Waals surface area (Å²) in [4.78, 5) is 9.50. The topological polar surface area (TPSA) is 89.9 Å². The molecule has 10 nitrogen and oxygen atoms in total. The first kappa shape index (κ1) is 17.8. The Morgan fingerprint density at radius 2 is 1.65 bits per heavy atom. The number of hydrogen-bond donors (Lipinski definition) is 1. The van der Waals surface area contributed by atoms with E-state index in [0.29, 0.717) is 32.7 Å². The summed E-state index contributed by atoms with van der Waals surface area (Å²) in [7, 11) is 0. The molecule has 1 N–H and O–H groups in total. The van der Waals surface area contributed by atoms with Gasteiger partial charge in [0, 0.05) is 0 Å². The molecule has 0 aliphatic carbocycles. The Kier molecular flexibility index (Phi) is 4.19. The van der Waals surface area contributed by atoms with E-state index in [1.807, 2.05) is 41.9 Å². The van der Waals surface area contributed by atoms with Gasteiger partial charge in [0.1, 0.15) is 37.9 Å². The van der Waals surface area contributed by atoms with Crippen molar-refractivity contribution in [1.82, 2.24) is 39.1 Å². The maximum Gasteiger partial charge on any atom is 0.244 e. The fraction of sp³-hybridized carbons (Fsp3) is 0.238. The lowest BCUT2D eigenvalue weighted by molar-refractivity contribution is -0.689. The fourth-order valence-corrected chi connectivity index (χ4v) is 3.88. The molecule has 0 amide bonds. The number of H-pyrrole nitrogens is 1. The molecule has 4 aromatic heterocycles. The first-order valence-electron chi connectivity index (χ1n) is 10.2. The van der Waals surface area contributed by atoms with Crippen LogP contribution in [0.2, 0.25) is 0 Å². The zero-order valence-electron chi connectivity index (χ0n) is 16.9. The minimum atomic E-state index is 0.606. The van der Waals surface area contributed by atoms with Gasteiger partial charge in [-0.1, -0.05) is 30.3 Å². The number of rotatable bonds is 2. The molecular weight excluding hydrogens is 392 g/mol. The van der Waals surface area contributed by atoms with Gasteiger partial charge >= 0.3 is 0 Å². The summed E-state index contributed by atoms with van der Waals surface area (Å²) in [5, 5.41) is 12.2. The van der Waals surface area contributed by atoms with Crippen LogP contribution in [0.4, 0.5) is 0 Å². The third-order valence-electron chi connectivity index (χ3n) is 5.34. The first-order valence-corrected chi connectivity index (χ1v) is 10.2. The molecule has 10 heteroatoms. The molecule has 1 aliphatic rings. The highest BCUT2D eigenvalue weighted by atomic mass is 15.4. The summed E-state index contributed by atoms with van der Waals surface area (Å²) in [6, 6.07) is 10.4. The lowest BCUT2D eigenvalue weighted by Gasteiger charge is -2.04. The Labute approximate surface area is 178 Å². The molecule has 0 saturated carbocycles. The van der Waals surface area contributed by atoms with Crippen molar-refractivity contribution in [2.75, 3.05) is 0 Å². The van der Waals surface area contributed by atoms with Crippen molar-refractivity contribution in [3.8, 4) is 0 Å². The summed E-state index contributed by atoms with van der Waals surface area (Å²) >= 11 is 0. The van der Waals surface area contributed by atoms with Crippen LogP contribution in [-0.2, 0) is 32.7 Å². The molecule has 6 rings (SSSR count). The number of aromatic amines is 1. The summed E-state index contributed by atoms with van der Waals surface area (Å²) in [6.07, 6.45) is 12.2. The average molecular weight is 414 g/mol. The second-order valence-electron chi connectivity index (χ2n) is 7.80. The molecule has 154 valence electrons. The van der Waals surface area contributed by atoms with E-state index in [9.17, 15) is 0 Å². The Morgan fingerprint density at radius 3 is 2.48 bits per heavy atom. The van der Waals surface area contributed by atoms with Crippen LogP contribution in [-0.4, -0.2) is 39.1 Å². The minimum absolute atomic E-state index is 0.606. The van der Waals surface area contributed by atoms with Gasteiger partial charge in [-0.3, -0.25) is 5.10 Å². The van der Waals surface area contributed by atoms with Gasteiger partial charge in [-0.25, -0.2) is 32.9 Å². The molecule has 0 spiro atoms. The van der Waals surface area contributed by atoms with Crippen LogP contribution < -0.4 is 9.13 Å². The Balaban J connectivity index is 1.39. The van der Waals surface area contributed by atoms with Crippen molar-refractivity contribution in [1.29, 1.82) is 0 Å². The van der Waals surface area contributed by atoms with Gasteiger partial charge in [0.25, 0.3) is 0 Å². The van der Waals surface area contributed by atoms with Crippen LogP contribution in [0.3, 0.4) is 0 Å². The van der Waals surface area contributed by atoms with Crippen LogP contribution in [0.5, 0.6) is 0 Å². The number of benzene rings is 1. The van der Waals surface area contributed by atoms with E-state index >= 15 is 0 Å². The molecule has 1 aliphatic heterocycles. The van der Waals surface area contributed by atoms with E-state index in [1.54, 1.807) is 0 Å². The Hall–Kier alpha value is -4.08. The number of fused-ring (bicyclic) bond motifs is 8. The zero-order valence-corrected chi connectivity index (χ0v) is 16.9. The maximum atomic E-state index is 4.88. The van der Waals surface area contributed by atoms with Gasteiger partial charge in [0.05, 0.1) is 6.54 Å². The van der Waals surface area contributed by atoms with Gasteiger partial charge in [0.2, 0.25) is 12.7 Å². The Morgan fingerprint density at radius 1 is 0.871 bits per heavy atom. The van der Waals surface area contributed by atoms with Crippen LogP contribution in [0.1, 0.15) is 28.9 Å². The monoisotopic (exact) mass is 414 g/mol. The quantitative estimate of drug-likeness (QED) is 0.408. The zero-order chi connectivity index (χ0) is 20.6. The summed E-state index contributed by atoms with van der Waals surface area (Å²) in [6.45, 7) is 3.17. The highest BCUT2D eigenvalue weighted by Crippen LogP contribution is 2.09. The van der Waals surface area contributed by atoms with Crippen molar-refractivity contribution in [3.05, 3.63) is 96.6 Å². The molecule has 5 heterocycles. The van der Waals surface area contributed by atoms with Crippen molar-refractivity contribution in [2.45, 2.75) is 32.7 Å². The summed E-state index contributed by atoms with van der Waals surface area (Å²) < 4.78 is 10.3. The van der Waals surface area contributed by atoms with E-state index in [-0.39, 0.29) is 0 Å². The van der Waals surface area contributed by atoms with Crippen LogP contribution in [0.15, 0.2) is 67.8 Å². The number of aromatic nitrogens is 10. The van der Waals surface area contributed by atoms with Crippen molar-refractivity contribution < 1.29 is 9.13 Å². The SMILES string of the molecule is c1ccc(Cn2nc3nc2Cn2cc[n+](c2)Cc2n[nH]c(n2)C[n+]2ccn(c2)C3)cc1. The maximum absolute atomic E-state index is 4.88. The van der Waals surface area contributed by atoms with E-state index in [0.717, 1.165) is 23.3 Å². The average Bonchev–Trinajstić information content (AvgIpc) is 3.55. The van der Waals surface area contributed by atoms with E-state index in [1.165, 1.54) is 5.56 Å². The molecule has 0 unspecified atom stereocenters. The third-order valence-corrected chi connectivity index (χ3v) is 5.34. The highest BCUT2D eigenvalue weighted by Gasteiger charge is 2.18. The van der Waals surface area contributed by atoms with Gasteiger partial charge < -0.3 is 0 Å². The smallest absolute Gasteiger partial charge is 0.244 e. The van der Waals surface area contributed by atoms with Gasteiger partial charge in [-0.05, 0) is 5.56 Å². The van der Waals surface area contributed by atoms with Crippen molar-refractivity contribution >= 4 is 0 Å². The fourth-order valence-electron chi connectivity index (χ4n) is 3.88. The molecule has 1 aromatic carbocycles. The predicted molar refractivity (Wildman–Crippen MR) is 108 cm³/mol. The Bertz CT molecular complexity index is 1320. The third kappa shape index (κ3) is 3.75. The molecule has 0 fully saturated rings. The lowest BCUT2D eigenvalue weighted by Crippen LogP contribution is -2.33. The van der Waals surface area contributed by atoms with Crippen LogP contribution in [0.25, 0.3) is 0 Å². The normalized spacial score (nSPS) is 13.4. The number of imidazole rings is 2. The minimum Gasteiger partial charge on any atom is -0.260 e. The van der Waals surface area contributed by atoms with E-state index in [4.69, 9.17) is 10.1 Å². The molecular formula is C21H22N10+2. The standard InChI is InChI=1S/C21H22N10/c1-2-4-17(5-3-1)10-31-21-14-30-9-8-28(16-30)12-19-22-18(24-25-19)11-27-6-7-29(15-27)13-20(23-21)26-31/h1-9,15-16H,10-14H2,(H,22,24,25)/q+2. The number of nitrogens with one attached hydrogen (secondary N) is 1. The van der Waals surface area contributed by atoms with Gasteiger partial charge in [-0.2, -0.15) is 10.2 Å².